The van der Waals surface area contributed by atoms with Crippen LogP contribution in [0.1, 0.15) is 29.9 Å². The lowest BCUT2D eigenvalue weighted by molar-refractivity contribution is 0.101. The summed E-state index contributed by atoms with van der Waals surface area (Å²) in [5.41, 5.74) is 7.38. The first-order valence-corrected chi connectivity index (χ1v) is 9.28. The van der Waals surface area contributed by atoms with Crippen LogP contribution in [-0.4, -0.2) is 35.4 Å². The normalized spacial score (nSPS) is 11.8. The van der Waals surface area contributed by atoms with E-state index in [4.69, 9.17) is 17.3 Å². The number of carbonyl (C=O) groups excluding carboxylic acids is 1. The number of imidazole rings is 1. The number of benzene rings is 1. The number of hydrogen-bond donors (Lipinski definition) is 1. The number of carbonyl (C=O) groups is 1. The lowest BCUT2D eigenvalue weighted by atomic mass is 10.2. The Morgan fingerprint density at radius 2 is 1.87 bits per heavy atom. The summed E-state index contributed by atoms with van der Waals surface area (Å²) in [7, 11) is 0. The lowest BCUT2D eigenvalue weighted by Crippen LogP contribution is -2.29. The number of aromatic nitrogens is 5. The summed E-state index contributed by atoms with van der Waals surface area (Å²) < 4.78 is 2.77. The number of halogens is 1. The Hall–Kier alpha value is -3.85. The summed E-state index contributed by atoms with van der Waals surface area (Å²) in [5.74, 6) is -0.138. The zero-order valence-electron chi connectivity index (χ0n) is 16.1. The van der Waals surface area contributed by atoms with E-state index >= 15 is 0 Å². The zero-order valence-corrected chi connectivity index (χ0v) is 16.8. The van der Waals surface area contributed by atoms with Crippen LogP contribution in [0.3, 0.4) is 0 Å². The van der Waals surface area contributed by atoms with Gasteiger partial charge in [-0.1, -0.05) is 29.8 Å². The fourth-order valence-corrected chi connectivity index (χ4v) is 3.26. The summed E-state index contributed by atoms with van der Waals surface area (Å²) in [5, 5.41) is 0.197. The quantitative estimate of drug-likeness (QED) is 0.399. The van der Waals surface area contributed by atoms with Crippen molar-refractivity contribution in [2.45, 2.75) is 13.8 Å². The van der Waals surface area contributed by atoms with Gasteiger partial charge in [0.15, 0.2) is 11.6 Å². The zero-order chi connectivity index (χ0) is 21.4. The van der Waals surface area contributed by atoms with Gasteiger partial charge in [-0.25, -0.2) is 24.2 Å². The van der Waals surface area contributed by atoms with Crippen molar-refractivity contribution in [1.29, 1.82) is 0 Å². The third kappa shape index (κ3) is 3.35. The number of fused-ring (bicyclic) bond motifs is 1. The number of anilines is 1. The summed E-state index contributed by atoms with van der Waals surface area (Å²) in [6.45, 7) is 3.10. The molecule has 0 aliphatic heterocycles. The van der Waals surface area contributed by atoms with Gasteiger partial charge in [-0.2, -0.15) is 4.98 Å². The highest BCUT2D eigenvalue weighted by molar-refractivity contribution is 6.29. The number of rotatable bonds is 4. The molecule has 0 saturated heterocycles. The molecule has 0 atom stereocenters. The molecule has 3 heterocycles. The maximum atomic E-state index is 13.3. The number of nitrogen functional groups attached to an aromatic ring is 1. The lowest BCUT2D eigenvalue weighted by Gasteiger charge is -2.14. The number of nitrogens with two attached hydrogens (primary N) is 1. The van der Waals surface area contributed by atoms with Crippen LogP contribution in [0.5, 0.6) is 0 Å². The Bertz CT molecular complexity index is 1370. The molecule has 10 heteroatoms. The summed E-state index contributed by atoms with van der Waals surface area (Å²) >= 11 is 6.16. The highest BCUT2D eigenvalue weighted by Gasteiger charge is 2.17. The van der Waals surface area contributed by atoms with Crippen molar-refractivity contribution in [3.05, 3.63) is 75.7 Å². The maximum absolute atomic E-state index is 13.3. The topological polar surface area (TPSA) is 121 Å². The van der Waals surface area contributed by atoms with E-state index in [9.17, 15) is 9.59 Å². The highest BCUT2D eigenvalue weighted by atomic mass is 35.5. The number of nitrogens with zero attached hydrogens (tertiary/aromatic N) is 6. The molecule has 9 nitrogen and oxygen atoms in total. The van der Waals surface area contributed by atoms with Gasteiger partial charge in [-0.3, -0.25) is 9.36 Å². The van der Waals surface area contributed by atoms with Crippen LogP contribution in [0.4, 0.5) is 11.8 Å². The van der Waals surface area contributed by atoms with E-state index in [0.717, 1.165) is 0 Å². The molecule has 0 bridgehead atoms. The van der Waals surface area contributed by atoms with Crippen molar-refractivity contribution in [2.24, 2.45) is 4.99 Å². The molecule has 0 unspecified atom stereocenters. The molecular formula is C20H16ClN7O2. The maximum Gasteiger partial charge on any atom is 0.340 e. The molecule has 0 radical (unpaired) electrons. The minimum absolute atomic E-state index is 0.0116. The molecule has 2 N–H and O–H groups in total. The fourth-order valence-electron chi connectivity index (χ4n) is 3.05. The largest absolute Gasteiger partial charge is 0.368 e. The minimum atomic E-state index is -0.403. The molecule has 4 rings (SSSR count). The van der Waals surface area contributed by atoms with Gasteiger partial charge < -0.3 is 5.73 Å². The minimum Gasteiger partial charge on any atom is -0.368 e. The Morgan fingerprint density at radius 3 is 2.57 bits per heavy atom. The van der Waals surface area contributed by atoms with Crippen molar-refractivity contribution in [1.82, 2.24) is 23.9 Å². The third-order valence-corrected chi connectivity index (χ3v) is 4.73. The van der Waals surface area contributed by atoms with Gasteiger partial charge in [0.1, 0.15) is 10.8 Å². The number of Topliss-reactive ketones (excluding diaryl/α,β-unsaturated/α-hetero) is 1. The molecule has 0 aliphatic carbocycles. The van der Waals surface area contributed by atoms with Crippen LogP contribution in [-0.2, 0) is 0 Å². The molecule has 0 amide bonds. The summed E-state index contributed by atoms with van der Waals surface area (Å²) in [6.07, 6.45) is 2.74. The van der Waals surface area contributed by atoms with Gasteiger partial charge in [-0.05, 0) is 26.0 Å². The Balaban J connectivity index is 2.02. The third-order valence-electron chi connectivity index (χ3n) is 4.46. The number of hydrogen-bond acceptors (Lipinski definition) is 7. The predicted molar refractivity (Wildman–Crippen MR) is 114 cm³/mol. The van der Waals surface area contributed by atoms with Crippen LogP contribution in [0.25, 0.3) is 11.3 Å². The van der Waals surface area contributed by atoms with E-state index in [2.05, 4.69) is 19.9 Å². The van der Waals surface area contributed by atoms with Crippen LogP contribution in [0.15, 0.2) is 58.6 Å². The molecule has 0 saturated carbocycles. The number of ketones is 1. The van der Waals surface area contributed by atoms with Gasteiger partial charge in [0.05, 0.1) is 28.9 Å². The fraction of sp³-hybridized carbons (Fsp3) is 0.100. The predicted octanol–water partition coefficient (Wildman–Crippen LogP) is 2.85. The second-order valence-electron chi connectivity index (χ2n) is 6.48. The number of aliphatic imine (C=N–C) groups is 1. The van der Waals surface area contributed by atoms with E-state index < -0.39 is 5.69 Å². The Labute approximate surface area is 175 Å². The first-order chi connectivity index (χ1) is 14.4. The van der Waals surface area contributed by atoms with Crippen molar-refractivity contribution in [3.8, 4) is 5.69 Å². The van der Waals surface area contributed by atoms with E-state index in [0.29, 0.717) is 22.7 Å². The van der Waals surface area contributed by atoms with Crippen molar-refractivity contribution in [2.75, 3.05) is 5.73 Å². The second kappa shape index (κ2) is 7.53. The van der Waals surface area contributed by atoms with Gasteiger partial charge in [0, 0.05) is 12.3 Å². The SMILES string of the molecule is CC(=O)c1cnc(N)nc1N=C(C)c1cc2ncc(Cl)n2c(=O)n1-c1ccccc1. The summed E-state index contributed by atoms with van der Waals surface area (Å²) in [6, 6.07) is 10.8. The molecule has 0 spiro atoms. The molecule has 0 aliphatic rings. The van der Waals surface area contributed by atoms with Crippen molar-refractivity contribution < 1.29 is 4.79 Å². The number of para-hydroxylation sites is 1. The van der Waals surface area contributed by atoms with E-state index in [-0.39, 0.29) is 28.3 Å². The molecule has 4 aromatic rings. The van der Waals surface area contributed by atoms with E-state index in [1.54, 1.807) is 25.1 Å². The Kier molecular flexibility index (Phi) is 4.88. The van der Waals surface area contributed by atoms with Crippen LogP contribution < -0.4 is 11.4 Å². The van der Waals surface area contributed by atoms with Crippen LogP contribution >= 0.6 is 11.6 Å². The first kappa shape index (κ1) is 19.5. The van der Waals surface area contributed by atoms with Gasteiger partial charge in [0.25, 0.3) is 0 Å². The average molecular weight is 422 g/mol. The highest BCUT2D eigenvalue weighted by Crippen LogP contribution is 2.20. The van der Waals surface area contributed by atoms with Gasteiger partial charge in [0.2, 0.25) is 5.95 Å². The second-order valence-corrected chi connectivity index (χ2v) is 6.86. The smallest absolute Gasteiger partial charge is 0.340 e. The molecule has 1 aromatic carbocycles. The molecular weight excluding hydrogens is 406 g/mol. The van der Waals surface area contributed by atoms with Gasteiger partial charge >= 0.3 is 5.69 Å². The van der Waals surface area contributed by atoms with E-state index in [1.165, 1.54) is 28.3 Å². The Morgan fingerprint density at radius 1 is 1.13 bits per heavy atom. The van der Waals surface area contributed by atoms with Crippen LogP contribution in [0.2, 0.25) is 5.15 Å². The monoisotopic (exact) mass is 421 g/mol. The molecule has 30 heavy (non-hydrogen) atoms. The van der Waals surface area contributed by atoms with E-state index in [1.807, 2.05) is 18.2 Å². The molecule has 150 valence electrons. The molecule has 0 fully saturated rings. The first-order valence-electron chi connectivity index (χ1n) is 8.90. The van der Waals surface area contributed by atoms with Crippen molar-refractivity contribution >= 4 is 40.5 Å². The van der Waals surface area contributed by atoms with Crippen LogP contribution in [0, 0.1) is 0 Å². The van der Waals surface area contributed by atoms with Crippen molar-refractivity contribution in [3.63, 3.8) is 0 Å². The summed E-state index contributed by atoms with van der Waals surface area (Å²) in [4.78, 5) is 41.8. The standard InChI is InChI=1S/C20H16ClN7O2/c1-11(25-18-14(12(2)29)9-24-19(22)26-18)15-8-17-23-10-16(21)28(17)20(30)27(15)13-6-4-3-5-7-13/h3-10H,1-2H3,(H2,22,24,26). The average Bonchev–Trinajstić information content (AvgIpc) is 3.09. The van der Waals surface area contributed by atoms with Gasteiger partial charge in [-0.15, -0.1) is 0 Å². The molecule has 3 aromatic heterocycles.